The van der Waals surface area contributed by atoms with Gasteiger partial charge in [-0.3, -0.25) is 9.10 Å². The minimum absolute atomic E-state index is 0.0484. The Labute approximate surface area is 209 Å². The molecular weight excluding hydrogens is 468 g/mol. The third-order valence-corrected chi connectivity index (χ3v) is 7.59. The van der Waals surface area contributed by atoms with Gasteiger partial charge in [0.1, 0.15) is 11.6 Å². The first-order valence-corrected chi connectivity index (χ1v) is 13.7. The van der Waals surface area contributed by atoms with Gasteiger partial charge in [0.25, 0.3) is 0 Å². The van der Waals surface area contributed by atoms with Crippen LogP contribution in [0.1, 0.15) is 57.1 Å². The van der Waals surface area contributed by atoms with Gasteiger partial charge in [0, 0.05) is 25.3 Å². The number of hydrogen-bond acceptors (Lipinski definition) is 7. The van der Waals surface area contributed by atoms with Crippen molar-refractivity contribution in [3.05, 3.63) is 54.4 Å². The summed E-state index contributed by atoms with van der Waals surface area (Å²) in [7, 11) is -2.20. The molecule has 1 aliphatic rings. The van der Waals surface area contributed by atoms with Gasteiger partial charge < -0.3 is 14.2 Å². The fourth-order valence-electron chi connectivity index (χ4n) is 4.25. The fourth-order valence-corrected chi connectivity index (χ4v) is 5.23. The molecule has 0 radical (unpaired) electrons. The highest BCUT2D eigenvalue weighted by molar-refractivity contribution is 7.88. The Balaban J connectivity index is 2.05. The van der Waals surface area contributed by atoms with E-state index in [0.717, 1.165) is 31.1 Å². The van der Waals surface area contributed by atoms with Crippen molar-refractivity contribution in [3.63, 3.8) is 0 Å². The molecule has 1 saturated heterocycles. The second-order valence-corrected chi connectivity index (χ2v) is 10.8. The van der Waals surface area contributed by atoms with E-state index in [0.29, 0.717) is 38.2 Å². The van der Waals surface area contributed by atoms with Crippen LogP contribution >= 0.6 is 0 Å². The number of carbonyl (C=O) groups excluding carboxylic acids is 1. The van der Waals surface area contributed by atoms with E-state index in [1.165, 1.54) is 17.0 Å². The predicted octanol–water partition coefficient (Wildman–Crippen LogP) is 4.53. The molecule has 0 bridgehead atoms. The van der Waals surface area contributed by atoms with Crippen LogP contribution in [0.2, 0.25) is 0 Å². The Morgan fingerprint density at radius 1 is 1.20 bits per heavy atom. The zero-order chi connectivity index (χ0) is 26.1. The number of amidine groups is 1. The summed E-state index contributed by atoms with van der Waals surface area (Å²) >= 11 is 0. The van der Waals surface area contributed by atoms with Gasteiger partial charge in [-0.05, 0) is 56.6 Å². The van der Waals surface area contributed by atoms with Crippen LogP contribution < -0.4 is 0 Å². The van der Waals surface area contributed by atoms with E-state index in [4.69, 9.17) is 14.2 Å². The molecule has 1 aliphatic heterocycles. The molecule has 1 fully saturated rings. The SMILES string of the molecule is C=C(N=C(C)N(CCCC1(CC(=O)OC)CCOCC1)S(C)(=O)=O)OC(=C)c1ccc(CC)cc1. The van der Waals surface area contributed by atoms with Gasteiger partial charge in [0.2, 0.25) is 15.9 Å². The average Bonchev–Trinajstić information content (AvgIpc) is 2.81. The Hall–Kier alpha value is -2.65. The average molecular weight is 507 g/mol. The van der Waals surface area contributed by atoms with Crippen LogP contribution in [-0.4, -0.2) is 57.7 Å². The number of aryl methyl sites for hydroxylation is 1. The first kappa shape index (κ1) is 28.6. The van der Waals surface area contributed by atoms with Crippen LogP contribution in [-0.2, 0) is 35.4 Å². The highest BCUT2D eigenvalue weighted by atomic mass is 32.2. The van der Waals surface area contributed by atoms with Gasteiger partial charge in [-0.25, -0.2) is 13.4 Å². The summed E-state index contributed by atoms with van der Waals surface area (Å²) in [5.41, 5.74) is 1.74. The molecule has 194 valence electrons. The summed E-state index contributed by atoms with van der Waals surface area (Å²) in [6.07, 6.45) is 5.07. The normalized spacial score (nSPS) is 15.8. The minimum Gasteiger partial charge on any atom is -0.469 e. The largest absolute Gasteiger partial charge is 0.469 e. The van der Waals surface area contributed by atoms with Gasteiger partial charge in [-0.1, -0.05) is 37.8 Å². The smallest absolute Gasteiger partial charge is 0.306 e. The predicted molar refractivity (Wildman–Crippen MR) is 138 cm³/mol. The summed E-state index contributed by atoms with van der Waals surface area (Å²) in [6.45, 7) is 12.8. The van der Waals surface area contributed by atoms with Crippen molar-refractivity contribution in [2.75, 3.05) is 33.1 Å². The summed E-state index contributed by atoms with van der Waals surface area (Å²) < 4.78 is 42.3. The van der Waals surface area contributed by atoms with Crippen molar-refractivity contribution in [2.24, 2.45) is 10.4 Å². The molecule has 2 rings (SSSR count). The highest BCUT2D eigenvalue weighted by Crippen LogP contribution is 2.39. The lowest BCUT2D eigenvalue weighted by Gasteiger charge is -2.37. The molecule has 0 aliphatic carbocycles. The first-order chi connectivity index (χ1) is 16.5. The molecule has 35 heavy (non-hydrogen) atoms. The van der Waals surface area contributed by atoms with Gasteiger partial charge in [-0.15, -0.1) is 0 Å². The zero-order valence-corrected chi connectivity index (χ0v) is 22.2. The maximum atomic E-state index is 12.5. The second-order valence-electron chi connectivity index (χ2n) is 8.93. The fraction of sp³-hybridized carbons (Fsp3) is 0.538. The lowest BCUT2D eigenvalue weighted by atomic mass is 9.74. The van der Waals surface area contributed by atoms with E-state index in [1.54, 1.807) is 6.92 Å². The van der Waals surface area contributed by atoms with Crippen molar-refractivity contribution < 1.29 is 27.4 Å². The number of ether oxygens (including phenoxy) is 3. The molecular formula is C26H38N2O6S. The lowest BCUT2D eigenvalue weighted by molar-refractivity contribution is -0.145. The number of methoxy groups -OCH3 is 1. The van der Waals surface area contributed by atoms with Crippen molar-refractivity contribution in [3.8, 4) is 0 Å². The Morgan fingerprint density at radius 3 is 2.37 bits per heavy atom. The quantitative estimate of drug-likeness (QED) is 0.179. The maximum absolute atomic E-state index is 12.5. The second kappa shape index (κ2) is 12.9. The summed E-state index contributed by atoms with van der Waals surface area (Å²) in [6, 6.07) is 7.82. The number of hydrogen-bond donors (Lipinski definition) is 0. The summed E-state index contributed by atoms with van der Waals surface area (Å²) in [5.74, 6) is 0.417. The van der Waals surface area contributed by atoms with Crippen molar-refractivity contribution in [1.29, 1.82) is 0 Å². The molecule has 0 saturated carbocycles. The zero-order valence-electron chi connectivity index (χ0n) is 21.3. The van der Waals surface area contributed by atoms with E-state index in [9.17, 15) is 13.2 Å². The molecule has 0 aromatic heterocycles. The van der Waals surface area contributed by atoms with Gasteiger partial charge in [0.15, 0.2) is 0 Å². The molecule has 0 atom stereocenters. The van der Waals surface area contributed by atoms with Gasteiger partial charge >= 0.3 is 5.97 Å². The Kier molecular flexibility index (Phi) is 10.5. The van der Waals surface area contributed by atoms with Crippen LogP contribution in [0.15, 0.2) is 48.3 Å². The maximum Gasteiger partial charge on any atom is 0.306 e. The molecule has 1 aromatic rings. The van der Waals surface area contributed by atoms with Crippen molar-refractivity contribution in [1.82, 2.24) is 4.31 Å². The van der Waals surface area contributed by atoms with Crippen LogP contribution in [0.25, 0.3) is 5.76 Å². The van der Waals surface area contributed by atoms with E-state index in [1.807, 2.05) is 24.3 Å². The Morgan fingerprint density at radius 2 is 1.83 bits per heavy atom. The van der Waals surface area contributed by atoms with Gasteiger partial charge in [0.05, 0.1) is 19.8 Å². The molecule has 0 N–H and O–H groups in total. The minimum atomic E-state index is -3.58. The first-order valence-electron chi connectivity index (χ1n) is 11.8. The van der Waals surface area contributed by atoms with Crippen molar-refractivity contribution in [2.45, 2.75) is 52.4 Å². The summed E-state index contributed by atoms with van der Waals surface area (Å²) in [5, 5.41) is 0. The highest BCUT2D eigenvalue weighted by Gasteiger charge is 2.35. The third kappa shape index (κ3) is 8.81. The number of esters is 1. The number of benzene rings is 1. The number of rotatable bonds is 12. The van der Waals surface area contributed by atoms with E-state index in [2.05, 4.69) is 25.1 Å². The van der Waals surface area contributed by atoms with Crippen LogP contribution in [0.4, 0.5) is 0 Å². The molecule has 0 amide bonds. The van der Waals surface area contributed by atoms with Crippen LogP contribution in [0.5, 0.6) is 0 Å². The number of nitrogens with zero attached hydrogens (tertiary/aromatic N) is 2. The van der Waals surface area contributed by atoms with E-state index >= 15 is 0 Å². The number of carbonyl (C=O) groups is 1. The molecule has 0 spiro atoms. The third-order valence-electron chi connectivity index (χ3n) is 6.34. The van der Waals surface area contributed by atoms with Crippen LogP contribution in [0, 0.1) is 5.41 Å². The molecule has 8 nitrogen and oxygen atoms in total. The number of aliphatic imine (C=N–C) groups is 1. The molecule has 1 aromatic carbocycles. The standard InChI is InChI=1S/C26H38N2O6S/c1-7-23-9-11-24(12-10-23)20(2)34-22(4)27-21(3)28(35(6,30)31)16-8-13-26(19-25(29)32-5)14-17-33-18-15-26/h9-12H,2,4,7-8,13-19H2,1,3,5-6H3. The summed E-state index contributed by atoms with van der Waals surface area (Å²) in [4.78, 5) is 16.3. The van der Waals surface area contributed by atoms with E-state index < -0.39 is 10.0 Å². The van der Waals surface area contributed by atoms with Gasteiger partial charge in [-0.2, -0.15) is 0 Å². The topological polar surface area (TPSA) is 94.5 Å². The van der Waals surface area contributed by atoms with E-state index in [-0.39, 0.29) is 29.6 Å². The molecule has 0 unspecified atom stereocenters. The lowest BCUT2D eigenvalue weighted by Crippen LogP contribution is -2.37. The van der Waals surface area contributed by atoms with Crippen molar-refractivity contribution >= 4 is 27.6 Å². The van der Waals surface area contributed by atoms with Crippen LogP contribution in [0.3, 0.4) is 0 Å². The monoisotopic (exact) mass is 506 g/mol. The number of sulfonamides is 1. The Bertz CT molecular complexity index is 1020. The molecule has 1 heterocycles. The molecule has 9 heteroatoms.